The Hall–Kier alpha value is -1.86. The summed E-state index contributed by atoms with van der Waals surface area (Å²) in [5.74, 6) is -0.199. The maximum Gasteiger partial charge on any atom is 0.285 e. The topological polar surface area (TPSA) is 96.6 Å². The molecular formula is C15H24N4O2S. The third kappa shape index (κ3) is 5.87. The summed E-state index contributed by atoms with van der Waals surface area (Å²) in [5.41, 5.74) is 12.0. The first-order valence-electron chi connectivity index (χ1n) is 6.93. The molecule has 0 unspecified atom stereocenters. The van der Waals surface area contributed by atoms with Crippen LogP contribution in [0.1, 0.15) is 25.8 Å². The van der Waals surface area contributed by atoms with Gasteiger partial charge in [0.15, 0.2) is 0 Å². The SMILES string of the molecule is C=CCC(C)(C)CNN/C(N)=N/S(=O)(=O)c1ccc(C)cc1. The van der Waals surface area contributed by atoms with Crippen LogP contribution >= 0.6 is 0 Å². The number of hydrogen-bond donors (Lipinski definition) is 3. The van der Waals surface area contributed by atoms with Crippen LogP contribution in [0.5, 0.6) is 0 Å². The lowest BCUT2D eigenvalue weighted by Gasteiger charge is -2.23. The molecule has 0 saturated heterocycles. The Morgan fingerprint density at radius 2 is 1.95 bits per heavy atom. The second-order valence-corrected chi connectivity index (χ2v) is 7.50. The fourth-order valence-corrected chi connectivity index (χ4v) is 2.64. The van der Waals surface area contributed by atoms with Crippen molar-refractivity contribution in [1.82, 2.24) is 10.9 Å². The summed E-state index contributed by atoms with van der Waals surface area (Å²) in [4.78, 5) is 0.106. The van der Waals surface area contributed by atoms with Gasteiger partial charge >= 0.3 is 0 Å². The monoisotopic (exact) mass is 324 g/mol. The molecule has 4 N–H and O–H groups in total. The van der Waals surface area contributed by atoms with Crippen LogP contribution < -0.4 is 16.6 Å². The lowest BCUT2D eigenvalue weighted by Crippen LogP contribution is -2.46. The van der Waals surface area contributed by atoms with Gasteiger partial charge < -0.3 is 5.73 Å². The molecule has 0 saturated carbocycles. The third-order valence-electron chi connectivity index (χ3n) is 3.02. The molecule has 6 nitrogen and oxygen atoms in total. The number of nitrogens with one attached hydrogen (secondary N) is 2. The minimum atomic E-state index is -3.81. The molecule has 1 rings (SSSR count). The number of nitrogens with zero attached hydrogens (tertiary/aromatic N) is 1. The highest BCUT2D eigenvalue weighted by molar-refractivity contribution is 7.90. The van der Waals surface area contributed by atoms with Crippen molar-refractivity contribution < 1.29 is 8.42 Å². The molecular weight excluding hydrogens is 300 g/mol. The number of rotatable bonds is 7. The van der Waals surface area contributed by atoms with Gasteiger partial charge in [-0.05, 0) is 30.9 Å². The largest absolute Gasteiger partial charge is 0.368 e. The van der Waals surface area contributed by atoms with E-state index in [9.17, 15) is 8.42 Å². The van der Waals surface area contributed by atoms with E-state index in [4.69, 9.17) is 5.73 Å². The van der Waals surface area contributed by atoms with E-state index < -0.39 is 10.0 Å². The van der Waals surface area contributed by atoms with E-state index in [1.807, 2.05) is 13.0 Å². The molecule has 7 heteroatoms. The standard InChI is InChI=1S/C15H24N4O2S/c1-5-10-15(3,4)11-17-18-14(16)19-22(20,21)13-8-6-12(2)7-9-13/h5-9,17H,1,10-11H2,2-4H3,(H3,16,18,19). The Labute approximate surface area is 132 Å². The van der Waals surface area contributed by atoms with Gasteiger partial charge in [0.2, 0.25) is 5.96 Å². The van der Waals surface area contributed by atoms with Crippen molar-refractivity contribution in [3.63, 3.8) is 0 Å². The summed E-state index contributed by atoms with van der Waals surface area (Å²) in [6.45, 7) is 10.3. The van der Waals surface area contributed by atoms with Crippen LogP contribution in [-0.4, -0.2) is 20.9 Å². The van der Waals surface area contributed by atoms with Gasteiger partial charge in [0.05, 0.1) is 4.90 Å². The second-order valence-electron chi connectivity index (χ2n) is 5.90. The Morgan fingerprint density at radius 1 is 1.36 bits per heavy atom. The molecule has 122 valence electrons. The van der Waals surface area contributed by atoms with Crippen molar-refractivity contribution in [3.05, 3.63) is 42.5 Å². The van der Waals surface area contributed by atoms with Crippen LogP contribution in [0.4, 0.5) is 0 Å². The molecule has 0 aromatic heterocycles. The van der Waals surface area contributed by atoms with Crippen molar-refractivity contribution in [3.8, 4) is 0 Å². The van der Waals surface area contributed by atoms with Gasteiger partial charge in [-0.3, -0.25) is 5.43 Å². The fourth-order valence-electron chi connectivity index (χ4n) is 1.75. The number of hydrazine groups is 1. The van der Waals surface area contributed by atoms with Crippen molar-refractivity contribution in [2.45, 2.75) is 32.1 Å². The number of aryl methyl sites for hydroxylation is 1. The van der Waals surface area contributed by atoms with Crippen LogP contribution in [0.3, 0.4) is 0 Å². The third-order valence-corrected chi connectivity index (χ3v) is 4.32. The average molecular weight is 324 g/mol. The first kappa shape index (κ1) is 18.2. The molecule has 0 aliphatic rings. The molecule has 0 aliphatic carbocycles. The van der Waals surface area contributed by atoms with Crippen LogP contribution in [0.15, 0.2) is 46.2 Å². The van der Waals surface area contributed by atoms with E-state index in [0.29, 0.717) is 6.54 Å². The quantitative estimate of drug-likeness (QED) is 0.307. The number of allylic oxidation sites excluding steroid dienone is 1. The van der Waals surface area contributed by atoms with E-state index in [1.165, 1.54) is 12.1 Å². The summed E-state index contributed by atoms with van der Waals surface area (Å²) in [5, 5.41) is 0. The zero-order valence-electron chi connectivity index (χ0n) is 13.3. The number of sulfonamides is 1. The zero-order valence-corrected chi connectivity index (χ0v) is 14.1. The lowest BCUT2D eigenvalue weighted by atomic mass is 9.90. The molecule has 0 atom stereocenters. The molecule has 0 amide bonds. The summed E-state index contributed by atoms with van der Waals surface area (Å²) in [6.07, 6.45) is 2.65. The predicted molar refractivity (Wildman–Crippen MR) is 89.7 cm³/mol. The fraction of sp³-hybridized carbons (Fsp3) is 0.400. The maximum absolute atomic E-state index is 12.1. The smallest absolute Gasteiger partial charge is 0.285 e. The highest BCUT2D eigenvalue weighted by Gasteiger charge is 2.16. The number of nitrogens with two attached hydrogens (primary N) is 1. The summed E-state index contributed by atoms with van der Waals surface area (Å²) < 4.78 is 27.7. The summed E-state index contributed by atoms with van der Waals surface area (Å²) in [7, 11) is -3.81. The lowest BCUT2D eigenvalue weighted by molar-refractivity contribution is 0.337. The minimum absolute atomic E-state index is 0.0230. The van der Waals surface area contributed by atoms with Gasteiger partial charge in [0, 0.05) is 6.54 Å². The van der Waals surface area contributed by atoms with E-state index in [2.05, 4.69) is 35.7 Å². The number of guanidine groups is 1. The van der Waals surface area contributed by atoms with E-state index in [1.54, 1.807) is 12.1 Å². The molecule has 22 heavy (non-hydrogen) atoms. The average Bonchev–Trinajstić information content (AvgIpc) is 2.38. The van der Waals surface area contributed by atoms with Crippen molar-refractivity contribution in [2.24, 2.45) is 15.5 Å². The Kier molecular flexibility index (Phi) is 6.13. The molecule has 1 aromatic rings. The predicted octanol–water partition coefficient (Wildman–Crippen LogP) is 1.69. The normalized spacial score (nSPS) is 13.0. The van der Waals surface area contributed by atoms with Crippen LogP contribution in [0, 0.1) is 12.3 Å². The van der Waals surface area contributed by atoms with Crippen LogP contribution in [-0.2, 0) is 10.0 Å². The molecule has 0 heterocycles. The summed E-state index contributed by atoms with van der Waals surface area (Å²) in [6, 6.07) is 6.42. The van der Waals surface area contributed by atoms with Gasteiger partial charge in [0.25, 0.3) is 10.0 Å². The van der Waals surface area contributed by atoms with E-state index in [-0.39, 0.29) is 16.3 Å². The summed E-state index contributed by atoms with van der Waals surface area (Å²) >= 11 is 0. The maximum atomic E-state index is 12.1. The second kappa shape index (κ2) is 7.42. The van der Waals surface area contributed by atoms with Crippen molar-refractivity contribution in [2.75, 3.05) is 6.54 Å². The Morgan fingerprint density at radius 3 is 2.50 bits per heavy atom. The molecule has 0 radical (unpaired) electrons. The van der Waals surface area contributed by atoms with Gasteiger partial charge in [0.1, 0.15) is 0 Å². The zero-order chi connectivity index (χ0) is 16.8. The van der Waals surface area contributed by atoms with Crippen LogP contribution in [0.2, 0.25) is 0 Å². The van der Waals surface area contributed by atoms with Gasteiger partial charge in [-0.1, -0.05) is 37.6 Å². The number of benzene rings is 1. The Bertz CT molecular complexity index is 634. The van der Waals surface area contributed by atoms with Gasteiger partial charge in [-0.15, -0.1) is 11.0 Å². The van der Waals surface area contributed by atoms with Crippen molar-refractivity contribution in [1.29, 1.82) is 0 Å². The molecule has 0 bridgehead atoms. The van der Waals surface area contributed by atoms with Crippen molar-refractivity contribution >= 4 is 16.0 Å². The van der Waals surface area contributed by atoms with Crippen LogP contribution in [0.25, 0.3) is 0 Å². The highest BCUT2D eigenvalue weighted by Crippen LogP contribution is 2.18. The van der Waals surface area contributed by atoms with Gasteiger partial charge in [-0.25, -0.2) is 5.43 Å². The molecule has 0 aliphatic heterocycles. The minimum Gasteiger partial charge on any atom is -0.368 e. The van der Waals surface area contributed by atoms with Gasteiger partial charge in [-0.2, -0.15) is 8.42 Å². The Balaban J connectivity index is 2.68. The molecule has 1 aromatic carbocycles. The highest BCUT2D eigenvalue weighted by atomic mass is 32.2. The molecule has 0 fully saturated rings. The van der Waals surface area contributed by atoms with E-state index >= 15 is 0 Å². The first-order valence-corrected chi connectivity index (χ1v) is 8.37. The molecule has 0 spiro atoms. The first-order chi connectivity index (χ1) is 10.2. The van der Waals surface area contributed by atoms with E-state index in [0.717, 1.165) is 12.0 Å². The number of hydrogen-bond acceptors (Lipinski definition) is 3.